The second-order valence-electron chi connectivity index (χ2n) is 6.07. The van der Waals surface area contributed by atoms with Gasteiger partial charge >= 0.3 is 0 Å². The lowest BCUT2D eigenvalue weighted by Gasteiger charge is -2.20. The summed E-state index contributed by atoms with van der Waals surface area (Å²) in [4.78, 5) is 2.31. The van der Waals surface area contributed by atoms with Gasteiger partial charge in [-0.2, -0.15) is 0 Å². The summed E-state index contributed by atoms with van der Waals surface area (Å²) >= 11 is 0. The van der Waals surface area contributed by atoms with Gasteiger partial charge < -0.3 is 9.64 Å². The zero-order chi connectivity index (χ0) is 12.5. The normalized spacial score (nSPS) is 21.8. The van der Waals surface area contributed by atoms with E-state index in [1.54, 1.807) is 0 Å². The monoisotopic (exact) mass is 233 g/mol. The fourth-order valence-corrected chi connectivity index (χ4v) is 2.22. The molecule has 17 heavy (non-hydrogen) atoms. The van der Waals surface area contributed by atoms with Gasteiger partial charge in [0.25, 0.3) is 0 Å². The number of rotatable bonds is 2. The highest BCUT2D eigenvalue weighted by Gasteiger charge is 2.21. The summed E-state index contributed by atoms with van der Waals surface area (Å²) in [5.74, 6) is 0.998. The van der Waals surface area contributed by atoms with Crippen molar-refractivity contribution >= 4 is 0 Å². The standard InChI is InChI=1S/C15H23NO/c1-15(2,3)12-5-7-13(8-6-12)17-14-9-10-16(4)11-14/h5-8,14H,9-11H2,1-4H3. The van der Waals surface area contributed by atoms with Crippen molar-refractivity contribution in [2.24, 2.45) is 0 Å². The van der Waals surface area contributed by atoms with Gasteiger partial charge in [-0.05, 0) is 36.6 Å². The van der Waals surface area contributed by atoms with E-state index in [-0.39, 0.29) is 5.41 Å². The molecule has 1 aliphatic rings. The van der Waals surface area contributed by atoms with Gasteiger partial charge in [-0.3, -0.25) is 0 Å². The summed E-state index contributed by atoms with van der Waals surface area (Å²) in [5.41, 5.74) is 1.57. The van der Waals surface area contributed by atoms with Crippen LogP contribution in [0.2, 0.25) is 0 Å². The topological polar surface area (TPSA) is 12.5 Å². The summed E-state index contributed by atoms with van der Waals surface area (Å²) < 4.78 is 5.97. The molecule has 0 aromatic heterocycles. The molecule has 0 N–H and O–H groups in total. The Morgan fingerprint density at radius 1 is 1.18 bits per heavy atom. The highest BCUT2D eigenvalue weighted by molar-refractivity contribution is 5.31. The van der Waals surface area contributed by atoms with E-state index in [1.165, 1.54) is 5.56 Å². The van der Waals surface area contributed by atoms with Crippen LogP contribution in [0.4, 0.5) is 0 Å². The molecule has 0 bridgehead atoms. The molecular formula is C15H23NO. The molecule has 94 valence electrons. The average Bonchev–Trinajstić information content (AvgIpc) is 2.63. The Balaban J connectivity index is 1.99. The van der Waals surface area contributed by atoms with Crippen molar-refractivity contribution in [3.63, 3.8) is 0 Å². The molecule has 1 atom stereocenters. The molecule has 0 saturated carbocycles. The molecule has 2 rings (SSSR count). The molecule has 1 unspecified atom stereocenters. The molecule has 1 heterocycles. The summed E-state index contributed by atoms with van der Waals surface area (Å²) in [6, 6.07) is 8.54. The molecule has 2 heteroatoms. The number of hydrogen-bond acceptors (Lipinski definition) is 2. The Bertz CT molecular complexity index is 364. The Morgan fingerprint density at radius 3 is 2.29 bits per heavy atom. The molecular weight excluding hydrogens is 210 g/mol. The molecule has 1 aliphatic heterocycles. The van der Waals surface area contributed by atoms with Crippen molar-refractivity contribution in [1.29, 1.82) is 0 Å². The molecule has 1 aromatic carbocycles. The minimum absolute atomic E-state index is 0.214. The highest BCUT2D eigenvalue weighted by atomic mass is 16.5. The first-order valence-corrected chi connectivity index (χ1v) is 6.41. The predicted octanol–water partition coefficient (Wildman–Crippen LogP) is 3.07. The van der Waals surface area contributed by atoms with Crippen LogP contribution in [-0.2, 0) is 5.41 Å². The van der Waals surface area contributed by atoms with E-state index in [0.29, 0.717) is 6.10 Å². The quantitative estimate of drug-likeness (QED) is 0.778. The van der Waals surface area contributed by atoms with Crippen LogP contribution in [0.1, 0.15) is 32.8 Å². The van der Waals surface area contributed by atoms with Crippen LogP contribution in [0.15, 0.2) is 24.3 Å². The summed E-state index contributed by atoms with van der Waals surface area (Å²) in [7, 11) is 2.14. The minimum Gasteiger partial charge on any atom is -0.489 e. The number of benzene rings is 1. The van der Waals surface area contributed by atoms with E-state index in [1.807, 2.05) is 0 Å². The maximum Gasteiger partial charge on any atom is 0.119 e. The molecule has 0 spiro atoms. The van der Waals surface area contributed by atoms with Gasteiger partial charge in [-0.15, -0.1) is 0 Å². The Kier molecular flexibility index (Phi) is 3.43. The lowest BCUT2D eigenvalue weighted by molar-refractivity contribution is 0.208. The molecule has 1 saturated heterocycles. The largest absolute Gasteiger partial charge is 0.489 e. The molecule has 0 amide bonds. The van der Waals surface area contributed by atoms with Gasteiger partial charge in [-0.1, -0.05) is 32.9 Å². The zero-order valence-corrected chi connectivity index (χ0v) is 11.4. The van der Waals surface area contributed by atoms with E-state index < -0.39 is 0 Å². The van der Waals surface area contributed by atoms with E-state index >= 15 is 0 Å². The van der Waals surface area contributed by atoms with E-state index in [9.17, 15) is 0 Å². The molecule has 0 radical (unpaired) electrons. The average molecular weight is 233 g/mol. The molecule has 0 aliphatic carbocycles. The van der Waals surface area contributed by atoms with E-state index in [2.05, 4.69) is 57.0 Å². The third kappa shape index (κ3) is 3.22. The zero-order valence-electron chi connectivity index (χ0n) is 11.4. The van der Waals surface area contributed by atoms with Gasteiger partial charge in [0.15, 0.2) is 0 Å². The van der Waals surface area contributed by atoms with Crippen LogP contribution in [0.3, 0.4) is 0 Å². The Morgan fingerprint density at radius 2 is 1.82 bits per heavy atom. The summed E-state index contributed by atoms with van der Waals surface area (Å²) in [6.07, 6.45) is 1.50. The lowest BCUT2D eigenvalue weighted by atomic mass is 9.87. The van der Waals surface area contributed by atoms with Crippen molar-refractivity contribution in [3.05, 3.63) is 29.8 Å². The number of hydrogen-bond donors (Lipinski definition) is 0. The van der Waals surface area contributed by atoms with Gasteiger partial charge in [-0.25, -0.2) is 0 Å². The maximum absolute atomic E-state index is 5.97. The lowest BCUT2D eigenvalue weighted by Crippen LogP contribution is -2.21. The van der Waals surface area contributed by atoms with Gasteiger partial charge in [0.05, 0.1) is 0 Å². The molecule has 1 aromatic rings. The van der Waals surface area contributed by atoms with Crippen LogP contribution >= 0.6 is 0 Å². The third-order valence-corrected chi connectivity index (χ3v) is 3.37. The fraction of sp³-hybridized carbons (Fsp3) is 0.600. The van der Waals surface area contributed by atoms with Crippen molar-refractivity contribution in [3.8, 4) is 5.75 Å². The minimum atomic E-state index is 0.214. The van der Waals surface area contributed by atoms with E-state index in [0.717, 1.165) is 25.3 Å². The van der Waals surface area contributed by atoms with Gasteiger partial charge in [0, 0.05) is 13.1 Å². The Hall–Kier alpha value is -1.02. The highest BCUT2D eigenvalue weighted by Crippen LogP contribution is 2.25. The second-order valence-corrected chi connectivity index (χ2v) is 6.07. The van der Waals surface area contributed by atoms with Crippen LogP contribution in [-0.4, -0.2) is 31.1 Å². The van der Waals surface area contributed by atoms with Crippen LogP contribution in [0, 0.1) is 0 Å². The first-order valence-electron chi connectivity index (χ1n) is 6.41. The number of ether oxygens (including phenoxy) is 1. The first kappa shape index (κ1) is 12.4. The number of likely N-dealkylation sites (N-methyl/N-ethyl adjacent to an activating group) is 1. The van der Waals surface area contributed by atoms with Crippen molar-refractivity contribution < 1.29 is 4.74 Å². The van der Waals surface area contributed by atoms with E-state index in [4.69, 9.17) is 4.74 Å². The first-order chi connectivity index (χ1) is 7.95. The van der Waals surface area contributed by atoms with Crippen molar-refractivity contribution in [1.82, 2.24) is 4.90 Å². The van der Waals surface area contributed by atoms with Crippen molar-refractivity contribution in [2.75, 3.05) is 20.1 Å². The van der Waals surface area contributed by atoms with Gasteiger partial charge in [0.1, 0.15) is 11.9 Å². The maximum atomic E-state index is 5.97. The third-order valence-electron chi connectivity index (χ3n) is 3.37. The number of likely N-dealkylation sites (tertiary alicyclic amines) is 1. The fourth-order valence-electron chi connectivity index (χ4n) is 2.22. The molecule has 1 fully saturated rings. The summed E-state index contributed by atoms with van der Waals surface area (Å²) in [5, 5.41) is 0. The van der Waals surface area contributed by atoms with Crippen LogP contribution in [0.25, 0.3) is 0 Å². The van der Waals surface area contributed by atoms with Crippen LogP contribution in [0.5, 0.6) is 5.75 Å². The summed E-state index contributed by atoms with van der Waals surface area (Å²) in [6.45, 7) is 8.88. The molecule has 2 nitrogen and oxygen atoms in total. The van der Waals surface area contributed by atoms with Gasteiger partial charge in [0.2, 0.25) is 0 Å². The van der Waals surface area contributed by atoms with Crippen LogP contribution < -0.4 is 4.74 Å². The SMILES string of the molecule is CN1CCC(Oc2ccc(C(C)(C)C)cc2)C1. The predicted molar refractivity (Wildman–Crippen MR) is 71.7 cm³/mol. The Labute approximate surface area is 105 Å². The number of nitrogens with zero attached hydrogens (tertiary/aromatic N) is 1. The second kappa shape index (κ2) is 4.69. The van der Waals surface area contributed by atoms with Crippen molar-refractivity contribution in [2.45, 2.75) is 38.7 Å². The smallest absolute Gasteiger partial charge is 0.119 e.